The summed E-state index contributed by atoms with van der Waals surface area (Å²) < 4.78 is 11.3. The number of nitrogens with one attached hydrogen (secondary N) is 1. The number of methoxy groups -OCH3 is 1. The molecule has 0 aliphatic heterocycles. The second-order valence-electron chi connectivity index (χ2n) is 7.93. The highest BCUT2D eigenvalue weighted by Gasteiger charge is 2.22. The maximum Gasteiger partial charge on any atom is 0.261 e. The summed E-state index contributed by atoms with van der Waals surface area (Å²) in [6.07, 6.45) is 0.278. The summed E-state index contributed by atoms with van der Waals surface area (Å²) in [4.78, 5) is 12.9. The van der Waals surface area contributed by atoms with Gasteiger partial charge in [-0.1, -0.05) is 32.0 Å². The lowest BCUT2D eigenvalue weighted by Gasteiger charge is -2.24. The third-order valence-corrected chi connectivity index (χ3v) is 4.98. The van der Waals surface area contributed by atoms with Gasteiger partial charge in [0.25, 0.3) is 5.91 Å². The summed E-state index contributed by atoms with van der Waals surface area (Å²) in [6, 6.07) is 11.9. The van der Waals surface area contributed by atoms with Crippen molar-refractivity contribution in [1.29, 1.82) is 0 Å². The first-order valence-electron chi connectivity index (χ1n) is 9.90. The molecule has 2 atom stereocenters. The maximum atomic E-state index is 12.9. The van der Waals surface area contributed by atoms with Gasteiger partial charge in [0.1, 0.15) is 11.5 Å². The molecule has 0 heterocycles. The van der Waals surface area contributed by atoms with Crippen LogP contribution in [-0.2, 0) is 4.79 Å². The van der Waals surface area contributed by atoms with Crippen molar-refractivity contribution >= 4 is 5.91 Å². The molecule has 2 rings (SSSR count). The lowest BCUT2D eigenvalue weighted by atomic mass is 9.96. The molecule has 0 spiro atoms. The number of carbonyl (C=O) groups is 1. The Morgan fingerprint density at radius 2 is 1.68 bits per heavy atom. The fourth-order valence-electron chi connectivity index (χ4n) is 3.24. The van der Waals surface area contributed by atoms with Crippen molar-refractivity contribution in [2.75, 3.05) is 7.11 Å². The lowest BCUT2D eigenvalue weighted by molar-refractivity contribution is -0.128. The number of ether oxygens (including phenoxy) is 2. The smallest absolute Gasteiger partial charge is 0.261 e. The maximum absolute atomic E-state index is 12.9. The van der Waals surface area contributed by atoms with Crippen LogP contribution in [0.25, 0.3) is 0 Å². The van der Waals surface area contributed by atoms with E-state index >= 15 is 0 Å². The largest absolute Gasteiger partial charge is 0.497 e. The summed E-state index contributed by atoms with van der Waals surface area (Å²) in [5, 5.41) is 3.17. The van der Waals surface area contributed by atoms with Gasteiger partial charge in [-0.3, -0.25) is 4.79 Å². The lowest BCUT2D eigenvalue weighted by Crippen LogP contribution is -2.39. The number of benzene rings is 2. The molecule has 1 N–H and O–H groups in total. The summed E-state index contributed by atoms with van der Waals surface area (Å²) >= 11 is 0. The van der Waals surface area contributed by atoms with Gasteiger partial charge in [0.15, 0.2) is 6.10 Å². The fraction of sp³-hybridized carbons (Fsp3) is 0.458. The van der Waals surface area contributed by atoms with Crippen molar-refractivity contribution in [3.8, 4) is 11.5 Å². The van der Waals surface area contributed by atoms with Gasteiger partial charge in [-0.05, 0) is 80.5 Å². The molecule has 0 aliphatic carbocycles. The molecule has 2 aromatic rings. The Hall–Kier alpha value is -2.49. The van der Waals surface area contributed by atoms with Crippen molar-refractivity contribution in [2.24, 2.45) is 5.92 Å². The van der Waals surface area contributed by atoms with Crippen LogP contribution in [0.3, 0.4) is 0 Å². The molecular weight excluding hydrogens is 350 g/mol. The monoisotopic (exact) mass is 383 g/mol. The van der Waals surface area contributed by atoms with E-state index in [4.69, 9.17) is 9.47 Å². The first-order chi connectivity index (χ1) is 13.2. The van der Waals surface area contributed by atoms with E-state index in [1.54, 1.807) is 14.0 Å². The van der Waals surface area contributed by atoms with Crippen LogP contribution < -0.4 is 14.8 Å². The van der Waals surface area contributed by atoms with E-state index < -0.39 is 6.10 Å². The highest BCUT2D eigenvalue weighted by Crippen LogP contribution is 2.26. The standard InChI is InChI=1S/C24H33NO3/c1-15(2)12-22(20-8-10-21(27-7)11-9-20)25-24(26)19(6)28-23-14-16(3)13-17(4)18(23)5/h8-11,13-15,19,22H,12H2,1-7H3,(H,25,26). The van der Waals surface area contributed by atoms with Gasteiger partial charge in [-0.2, -0.15) is 0 Å². The minimum atomic E-state index is -0.576. The van der Waals surface area contributed by atoms with Crippen molar-refractivity contribution in [3.05, 3.63) is 58.7 Å². The number of amides is 1. The van der Waals surface area contributed by atoms with Crippen LogP contribution in [-0.4, -0.2) is 19.1 Å². The van der Waals surface area contributed by atoms with Crippen LogP contribution in [0.4, 0.5) is 0 Å². The van der Waals surface area contributed by atoms with Crippen LogP contribution in [0.5, 0.6) is 11.5 Å². The average Bonchev–Trinajstić information content (AvgIpc) is 2.64. The van der Waals surface area contributed by atoms with Crippen molar-refractivity contribution < 1.29 is 14.3 Å². The van der Waals surface area contributed by atoms with E-state index in [-0.39, 0.29) is 11.9 Å². The highest BCUT2D eigenvalue weighted by molar-refractivity contribution is 5.81. The van der Waals surface area contributed by atoms with Gasteiger partial charge in [-0.15, -0.1) is 0 Å². The molecule has 0 radical (unpaired) electrons. The summed E-state index contributed by atoms with van der Waals surface area (Å²) in [7, 11) is 1.65. The molecule has 4 nitrogen and oxygen atoms in total. The van der Waals surface area contributed by atoms with Crippen molar-refractivity contribution in [2.45, 2.75) is 60.1 Å². The van der Waals surface area contributed by atoms with Gasteiger partial charge >= 0.3 is 0 Å². The third-order valence-electron chi connectivity index (χ3n) is 4.98. The van der Waals surface area contributed by atoms with E-state index in [1.165, 1.54) is 5.56 Å². The summed E-state index contributed by atoms with van der Waals surface area (Å²) in [5.41, 5.74) is 4.43. The summed E-state index contributed by atoms with van der Waals surface area (Å²) in [5.74, 6) is 1.91. The SMILES string of the molecule is COc1ccc(C(CC(C)C)NC(=O)C(C)Oc2cc(C)cc(C)c2C)cc1. The first kappa shape index (κ1) is 21.8. The van der Waals surface area contributed by atoms with Gasteiger partial charge in [0, 0.05) is 0 Å². The minimum Gasteiger partial charge on any atom is -0.497 e. The molecule has 0 aromatic heterocycles. The molecular formula is C24H33NO3. The number of carbonyl (C=O) groups excluding carboxylic acids is 1. The number of aryl methyl sites for hydroxylation is 2. The Bertz CT molecular complexity index is 796. The molecule has 2 aromatic carbocycles. The van der Waals surface area contributed by atoms with Crippen LogP contribution in [0.2, 0.25) is 0 Å². The van der Waals surface area contributed by atoms with Crippen molar-refractivity contribution in [1.82, 2.24) is 5.32 Å². The predicted molar refractivity (Wildman–Crippen MR) is 114 cm³/mol. The Labute approximate surface area is 169 Å². The zero-order valence-corrected chi connectivity index (χ0v) is 18.1. The summed E-state index contributed by atoms with van der Waals surface area (Å²) in [6.45, 7) is 12.2. The van der Waals surface area contributed by atoms with E-state index in [1.807, 2.05) is 44.2 Å². The molecule has 0 fully saturated rings. The Morgan fingerprint density at radius 3 is 2.25 bits per heavy atom. The third kappa shape index (κ3) is 5.75. The van der Waals surface area contributed by atoms with Crippen LogP contribution in [0.1, 0.15) is 55.5 Å². The Morgan fingerprint density at radius 1 is 1.04 bits per heavy atom. The normalized spacial score (nSPS) is 13.1. The Balaban J connectivity index is 2.13. The average molecular weight is 384 g/mol. The van der Waals surface area contributed by atoms with Gasteiger partial charge < -0.3 is 14.8 Å². The van der Waals surface area contributed by atoms with E-state index in [0.29, 0.717) is 5.92 Å². The molecule has 1 amide bonds. The zero-order valence-electron chi connectivity index (χ0n) is 18.1. The predicted octanol–water partition coefficient (Wildman–Crippen LogP) is 5.29. The molecule has 0 aliphatic rings. The van der Waals surface area contributed by atoms with Crippen LogP contribution in [0, 0.1) is 26.7 Å². The van der Waals surface area contributed by atoms with Gasteiger partial charge in [0.2, 0.25) is 0 Å². The quantitative estimate of drug-likeness (QED) is 0.674. The fourth-order valence-corrected chi connectivity index (χ4v) is 3.24. The van der Waals surface area contributed by atoms with E-state index in [2.05, 4.69) is 32.2 Å². The van der Waals surface area contributed by atoms with Crippen LogP contribution >= 0.6 is 0 Å². The first-order valence-corrected chi connectivity index (χ1v) is 9.90. The van der Waals surface area contributed by atoms with Crippen LogP contribution in [0.15, 0.2) is 36.4 Å². The van der Waals surface area contributed by atoms with E-state index in [9.17, 15) is 4.79 Å². The molecule has 152 valence electrons. The zero-order chi connectivity index (χ0) is 20.8. The minimum absolute atomic E-state index is 0.0650. The van der Waals surface area contributed by atoms with Gasteiger partial charge in [0.05, 0.1) is 13.2 Å². The van der Waals surface area contributed by atoms with E-state index in [0.717, 1.165) is 34.6 Å². The molecule has 0 saturated carbocycles. The number of rotatable bonds is 8. The molecule has 2 unspecified atom stereocenters. The topological polar surface area (TPSA) is 47.6 Å². The Kier molecular flexibility index (Phi) is 7.50. The molecule has 28 heavy (non-hydrogen) atoms. The molecule has 0 saturated heterocycles. The second-order valence-corrected chi connectivity index (χ2v) is 7.93. The van der Waals surface area contributed by atoms with Crippen molar-refractivity contribution in [3.63, 3.8) is 0 Å². The molecule has 0 bridgehead atoms. The molecule has 4 heteroatoms. The number of hydrogen-bond donors (Lipinski definition) is 1. The number of hydrogen-bond acceptors (Lipinski definition) is 3. The highest BCUT2D eigenvalue weighted by atomic mass is 16.5. The second kappa shape index (κ2) is 9.63. The van der Waals surface area contributed by atoms with Gasteiger partial charge in [-0.25, -0.2) is 0 Å².